The summed E-state index contributed by atoms with van der Waals surface area (Å²) in [5.74, 6) is 0.266. The van der Waals surface area contributed by atoms with Gasteiger partial charge in [0.25, 0.3) is 0 Å². The van der Waals surface area contributed by atoms with E-state index in [1.165, 1.54) is 25.7 Å². The van der Waals surface area contributed by atoms with Crippen LogP contribution in [-0.2, 0) is 9.47 Å². The zero-order valence-electron chi connectivity index (χ0n) is 10.2. The van der Waals surface area contributed by atoms with Crippen molar-refractivity contribution in [1.82, 2.24) is 5.32 Å². The lowest BCUT2D eigenvalue weighted by atomic mass is 10.2. The second-order valence-corrected chi connectivity index (χ2v) is 5.31. The van der Waals surface area contributed by atoms with E-state index in [1.807, 2.05) is 0 Å². The molecule has 1 aliphatic heterocycles. The lowest BCUT2D eigenvalue weighted by Gasteiger charge is -2.21. The molecule has 0 amide bonds. The molecule has 5 heteroatoms. The minimum atomic E-state index is -0.279. The van der Waals surface area contributed by atoms with E-state index in [0.29, 0.717) is 25.2 Å². The van der Waals surface area contributed by atoms with Crippen molar-refractivity contribution in [3.8, 4) is 0 Å². The molecule has 3 N–H and O–H groups in total. The van der Waals surface area contributed by atoms with Crippen molar-refractivity contribution in [2.45, 2.75) is 56.5 Å². The fourth-order valence-corrected chi connectivity index (χ4v) is 2.57. The first-order valence-electron chi connectivity index (χ1n) is 6.64. The highest BCUT2D eigenvalue weighted by atomic mass is 16.7. The average molecular weight is 239 g/mol. The van der Waals surface area contributed by atoms with Crippen LogP contribution in [0.1, 0.15) is 38.5 Å². The van der Waals surface area contributed by atoms with Crippen LogP contribution >= 0.6 is 0 Å². The third-order valence-corrected chi connectivity index (χ3v) is 3.67. The molecule has 1 saturated heterocycles. The van der Waals surface area contributed by atoms with E-state index in [-0.39, 0.29) is 11.9 Å². The fourth-order valence-electron chi connectivity index (χ4n) is 2.57. The van der Waals surface area contributed by atoms with Gasteiger partial charge in [-0.3, -0.25) is 4.99 Å². The van der Waals surface area contributed by atoms with Gasteiger partial charge < -0.3 is 20.5 Å². The molecule has 0 bridgehead atoms. The highest BCUT2D eigenvalue weighted by Crippen LogP contribution is 2.39. The van der Waals surface area contributed by atoms with Crippen molar-refractivity contribution in [3.05, 3.63) is 0 Å². The van der Waals surface area contributed by atoms with E-state index in [1.54, 1.807) is 0 Å². The molecule has 1 unspecified atom stereocenters. The number of aliphatic imine (C=N–C) groups is 1. The van der Waals surface area contributed by atoms with Crippen LogP contribution in [0.3, 0.4) is 0 Å². The Morgan fingerprint density at radius 1 is 1.35 bits per heavy atom. The van der Waals surface area contributed by atoms with Gasteiger partial charge in [0.2, 0.25) is 0 Å². The molecule has 0 aromatic rings. The SMILES string of the molecule is NC(=NCC1COC2(CCCC2)O1)NC1CC1. The predicted molar refractivity (Wildman–Crippen MR) is 64.7 cm³/mol. The maximum absolute atomic E-state index is 5.97. The van der Waals surface area contributed by atoms with Crippen LogP contribution < -0.4 is 11.1 Å². The summed E-state index contributed by atoms with van der Waals surface area (Å²) in [5.41, 5.74) is 5.78. The quantitative estimate of drug-likeness (QED) is 0.563. The van der Waals surface area contributed by atoms with Gasteiger partial charge in [-0.25, -0.2) is 0 Å². The molecule has 0 aromatic heterocycles. The molecular formula is C12H21N3O2. The van der Waals surface area contributed by atoms with Gasteiger partial charge in [0.1, 0.15) is 6.10 Å². The fraction of sp³-hybridized carbons (Fsp3) is 0.917. The van der Waals surface area contributed by atoms with Crippen LogP contribution in [0.25, 0.3) is 0 Å². The molecule has 1 heterocycles. The van der Waals surface area contributed by atoms with Gasteiger partial charge in [0, 0.05) is 18.9 Å². The molecule has 1 atom stereocenters. The van der Waals surface area contributed by atoms with E-state index < -0.39 is 0 Å². The van der Waals surface area contributed by atoms with E-state index in [4.69, 9.17) is 15.2 Å². The van der Waals surface area contributed by atoms with Crippen molar-refractivity contribution >= 4 is 5.96 Å². The Labute approximate surface area is 102 Å². The first-order valence-corrected chi connectivity index (χ1v) is 6.64. The maximum Gasteiger partial charge on any atom is 0.188 e. The molecule has 2 saturated carbocycles. The van der Waals surface area contributed by atoms with Crippen molar-refractivity contribution in [2.75, 3.05) is 13.2 Å². The number of ether oxygens (including phenoxy) is 2. The van der Waals surface area contributed by atoms with Gasteiger partial charge in [0.15, 0.2) is 11.7 Å². The van der Waals surface area contributed by atoms with Crippen LogP contribution in [0, 0.1) is 0 Å². The Morgan fingerprint density at radius 2 is 2.12 bits per heavy atom. The molecular weight excluding hydrogens is 218 g/mol. The Hall–Kier alpha value is -0.810. The second kappa shape index (κ2) is 4.46. The molecule has 2 aliphatic carbocycles. The number of rotatable bonds is 3. The summed E-state index contributed by atoms with van der Waals surface area (Å²) in [6.07, 6.45) is 6.98. The molecule has 0 radical (unpaired) electrons. The largest absolute Gasteiger partial charge is 0.370 e. The molecule has 3 aliphatic rings. The molecule has 17 heavy (non-hydrogen) atoms. The number of hydrogen-bond donors (Lipinski definition) is 2. The van der Waals surface area contributed by atoms with Gasteiger partial charge >= 0.3 is 0 Å². The van der Waals surface area contributed by atoms with Crippen molar-refractivity contribution in [1.29, 1.82) is 0 Å². The smallest absolute Gasteiger partial charge is 0.188 e. The van der Waals surface area contributed by atoms with Gasteiger partial charge in [-0.05, 0) is 25.7 Å². The van der Waals surface area contributed by atoms with Crippen LogP contribution in [-0.4, -0.2) is 37.0 Å². The topological polar surface area (TPSA) is 68.9 Å². The molecule has 96 valence electrons. The third kappa shape index (κ3) is 2.72. The summed E-state index contributed by atoms with van der Waals surface area (Å²) in [6.45, 7) is 1.26. The van der Waals surface area contributed by atoms with Crippen LogP contribution in [0.15, 0.2) is 4.99 Å². The van der Waals surface area contributed by atoms with E-state index in [2.05, 4.69) is 10.3 Å². The van der Waals surface area contributed by atoms with Crippen LogP contribution in [0.2, 0.25) is 0 Å². The number of guanidine groups is 1. The summed E-state index contributed by atoms with van der Waals surface area (Å²) in [4.78, 5) is 4.32. The maximum atomic E-state index is 5.97. The molecule has 3 rings (SSSR count). The summed E-state index contributed by atoms with van der Waals surface area (Å²) < 4.78 is 11.8. The monoisotopic (exact) mass is 239 g/mol. The molecule has 0 aromatic carbocycles. The lowest BCUT2D eigenvalue weighted by molar-refractivity contribution is -0.160. The van der Waals surface area contributed by atoms with Crippen molar-refractivity contribution in [2.24, 2.45) is 10.7 Å². The zero-order valence-corrected chi connectivity index (χ0v) is 10.2. The number of hydrogen-bond acceptors (Lipinski definition) is 3. The van der Waals surface area contributed by atoms with Crippen molar-refractivity contribution < 1.29 is 9.47 Å². The standard InChI is InChI=1S/C12H21N3O2/c13-11(15-9-3-4-9)14-7-10-8-16-12(17-10)5-1-2-6-12/h9-10H,1-8H2,(H3,13,14,15). The average Bonchev–Trinajstić information content (AvgIpc) is 2.89. The number of nitrogens with zero attached hydrogens (tertiary/aromatic N) is 1. The Morgan fingerprint density at radius 3 is 2.82 bits per heavy atom. The third-order valence-electron chi connectivity index (χ3n) is 3.67. The first-order chi connectivity index (χ1) is 8.26. The van der Waals surface area contributed by atoms with Crippen LogP contribution in [0.4, 0.5) is 0 Å². The summed E-state index contributed by atoms with van der Waals surface area (Å²) >= 11 is 0. The van der Waals surface area contributed by atoms with Gasteiger partial charge in [-0.2, -0.15) is 0 Å². The predicted octanol–water partition coefficient (Wildman–Crippen LogP) is 0.739. The van der Waals surface area contributed by atoms with Gasteiger partial charge in [0.05, 0.1) is 13.2 Å². The van der Waals surface area contributed by atoms with Crippen LogP contribution in [0.5, 0.6) is 0 Å². The van der Waals surface area contributed by atoms with E-state index in [0.717, 1.165) is 12.8 Å². The zero-order chi connectivity index (χ0) is 11.7. The van der Waals surface area contributed by atoms with Crippen molar-refractivity contribution in [3.63, 3.8) is 0 Å². The Balaban J connectivity index is 1.46. The normalized spacial score (nSPS) is 32.2. The highest BCUT2D eigenvalue weighted by Gasteiger charge is 2.43. The minimum Gasteiger partial charge on any atom is -0.370 e. The van der Waals surface area contributed by atoms with Gasteiger partial charge in [-0.1, -0.05) is 0 Å². The number of nitrogens with one attached hydrogen (secondary N) is 1. The molecule has 1 spiro atoms. The minimum absolute atomic E-state index is 0.0765. The number of nitrogens with two attached hydrogens (primary N) is 1. The Kier molecular flexibility index (Phi) is 2.96. The summed E-state index contributed by atoms with van der Waals surface area (Å²) in [6, 6.07) is 0.556. The second-order valence-electron chi connectivity index (χ2n) is 5.31. The van der Waals surface area contributed by atoms with E-state index >= 15 is 0 Å². The summed E-state index contributed by atoms with van der Waals surface area (Å²) in [7, 11) is 0. The first kappa shape index (κ1) is 11.3. The molecule has 5 nitrogen and oxygen atoms in total. The molecule has 3 fully saturated rings. The summed E-state index contributed by atoms with van der Waals surface area (Å²) in [5, 5.41) is 3.17. The van der Waals surface area contributed by atoms with Gasteiger partial charge in [-0.15, -0.1) is 0 Å². The Bertz CT molecular complexity index is 309. The highest BCUT2D eigenvalue weighted by molar-refractivity contribution is 5.78. The van der Waals surface area contributed by atoms with E-state index in [9.17, 15) is 0 Å². The lowest BCUT2D eigenvalue weighted by Crippen LogP contribution is -2.34.